The lowest BCUT2D eigenvalue weighted by molar-refractivity contribution is -0.133. The molecule has 174 valence electrons. The van der Waals surface area contributed by atoms with Gasteiger partial charge in [0.25, 0.3) is 5.91 Å². The quantitative estimate of drug-likeness (QED) is 0.426. The Morgan fingerprint density at radius 1 is 0.848 bits per heavy atom. The summed E-state index contributed by atoms with van der Waals surface area (Å²) in [5.74, 6) is 0.483. The van der Waals surface area contributed by atoms with Crippen molar-refractivity contribution in [1.29, 1.82) is 0 Å². The van der Waals surface area contributed by atoms with Crippen LogP contribution in [0, 0.1) is 0 Å². The number of carbonyl (C=O) groups excluding carboxylic acids is 2. The fraction of sp³-hybridized carbons (Fsp3) is 0.357. The summed E-state index contributed by atoms with van der Waals surface area (Å²) in [5, 5.41) is 0. The van der Waals surface area contributed by atoms with Crippen molar-refractivity contribution in [1.82, 2.24) is 9.80 Å². The van der Waals surface area contributed by atoms with E-state index in [1.54, 1.807) is 16.1 Å². The Morgan fingerprint density at radius 3 is 2.12 bits per heavy atom. The third-order valence-corrected chi connectivity index (χ3v) is 5.60. The van der Waals surface area contributed by atoms with Crippen LogP contribution >= 0.6 is 0 Å². The highest BCUT2D eigenvalue weighted by Gasteiger charge is 2.23. The minimum absolute atomic E-state index is 0.0183. The van der Waals surface area contributed by atoms with Crippen LogP contribution in [0.5, 0.6) is 0 Å². The number of hydrogen-bond acceptors (Lipinski definition) is 3. The first-order chi connectivity index (χ1) is 15.8. The molecule has 0 fully saturated rings. The molecule has 0 saturated carbocycles. The van der Waals surface area contributed by atoms with Crippen molar-refractivity contribution in [3.05, 3.63) is 95.4 Å². The van der Waals surface area contributed by atoms with E-state index in [1.165, 1.54) is 5.56 Å². The zero-order chi connectivity index (χ0) is 23.8. The molecule has 0 aliphatic heterocycles. The van der Waals surface area contributed by atoms with Crippen molar-refractivity contribution >= 4 is 11.8 Å². The van der Waals surface area contributed by atoms with Crippen LogP contribution in [0.2, 0.25) is 0 Å². The molecule has 0 radical (unpaired) electrons. The Balaban J connectivity index is 1.77. The van der Waals surface area contributed by atoms with Crippen LogP contribution in [0.3, 0.4) is 0 Å². The highest BCUT2D eigenvalue weighted by Crippen LogP contribution is 2.22. The van der Waals surface area contributed by atoms with Crippen molar-refractivity contribution in [2.24, 2.45) is 0 Å². The zero-order valence-corrected chi connectivity index (χ0v) is 20.1. The molecule has 0 unspecified atom stereocenters. The minimum atomic E-state index is -0.122. The van der Waals surface area contributed by atoms with Crippen LogP contribution in [0.4, 0.5) is 0 Å². The van der Waals surface area contributed by atoms with Gasteiger partial charge in [-0.05, 0) is 47.2 Å². The molecule has 3 aromatic rings. The number of benzene rings is 2. The van der Waals surface area contributed by atoms with Gasteiger partial charge in [-0.2, -0.15) is 0 Å². The lowest BCUT2D eigenvalue weighted by atomic mass is 9.86. The van der Waals surface area contributed by atoms with E-state index in [1.807, 2.05) is 73.7 Å². The fourth-order valence-corrected chi connectivity index (χ4v) is 3.71. The Morgan fingerprint density at radius 2 is 1.55 bits per heavy atom. The molecular formula is C28H34N2O3. The van der Waals surface area contributed by atoms with E-state index < -0.39 is 0 Å². The molecule has 1 aromatic heterocycles. The molecule has 0 aliphatic rings. The number of amides is 2. The average Bonchev–Trinajstić information content (AvgIpc) is 3.31. The summed E-state index contributed by atoms with van der Waals surface area (Å²) in [7, 11) is 0. The lowest BCUT2D eigenvalue weighted by Crippen LogP contribution is -2.42. The Bertz CT molecular complexity index is 1020. The Hall–Kier alpha value is -3.34. The number of hydrogen-bond donors (Lipinski definition) is 0. The normalized spacial score (nSPS) is 11.3. The van der Waals surface area contributed by atoms with E-state index in [-0.39, 0.29) is 23.8 Å². The SMILES string of the molecule is CCCN(CC(=O)N(Cc1ccccc1)Cc1ccco1)C(=O)c1ccc(C(C)(C)C)cc1. The summed E-state index contributed by atoms with van der Waals surface area (Å²) >= 11 is 0. The molecule has 0 N–H and O–H groups in total. The van der Waals surface area contributed by atoms with Gasteiger partial charge in [-0.25, -0.2) is 0 Å². The maximum atomic E-state index is 13.4. The molecule has 2 amide bonds. The third kappa shape index (κ3) is 6.82. The number of furan rings is 1. The van der Waals surface area contributed by atoms with Gasteiger partial charge in [0.2, 0.25) is 5.91 Å². The van der Waals surface area contributed by atoms with Gasteiger partial charge in [-0.3, -0.25) is 9.59 Å². The molecular weight excluding hydrogens is 412 g/mol. The van der Waals surface area contributed by atoms with E-state index in [2.05, 4.69) is 20.8 Å². The first-order valence-corrected chi connectivity index (χ1v) is 11.5. The maximum absolute atomic E-state index is 13.4. The van der Waals surface area contributed by atoms with Crippen molar-refractivity contribution in [3.63, 3.8) is 0 Å². The molecule has 0 atom stereocenters. The van der Waals surface area contributed by atoms with E-state index in [4.69, 9.17) is 4.42 Å². The first-order valence-electron chi connectivity index (χ1n) is 11.5. The summed E-state index contributed by atoms with van der Waals surface area (Å²) in [6, 6.07) is 21.2. The van der Waals surface area contributed by atoms with Gasteiger partial charge in [0.05, 0.1) is 12.8 Å². The summed E-state index contributed by atoms with van der Waals surface area (Å²) < 4.78 is 5.49. The van der Waals surface area contributed by atoms with Crippen LogP contribution in [0.1, 0.15) is 61.4 Å². The molecule has 5 nitrogen and oxygen atoms in total. The van der Waals surface area contributed by atoms with E-state index >= 15 is 0 Å². The molecule has 0 spiro atoms. The monoisotopic (exact) mass is 446 g/mol. The molecule has 0 bridgehead atoms. The second kappa shape index (κ2) is 11.0. The topological polar surface area (TPSA) is 53.8 Å². The second-order valence-corrected chi connectivity index (χ2v) is 9.37. The molecule has 0 aliphatic carbocycles. The second-order valence-electron chi connectivity index (χ2n) is 9.37. The lowest BCUT2D eigenvalue weighted by Gasteiger charge is -2.27. The number of nitrogens with zero attached hydrogens (tertiary/aromatic N) is 2. The standard InChI is InChI=1S/C28H34N2O3/c1-5-17-29(27(32)23-13-15-24(16-14-23)28(2,3)4)21-26(31)30(20-25-12-9-18-33-25)19-22-10-7-6-8-11-22/h6-16,18H,5,17,19-21H2,1-4H3. The van der Waals surface area contributed by atoms with Crippen LogP contribution in [0.25, 0.3) is 0 Å². The molecule has 5 heteroatoms. The highest BCUT2D eigenvalue weighted by molar-refractivity contribution is 5.96. The molecule has 33 heavy (non-hydrogen) atoms. The number of carbonyl (C=O) groups is 2. The summed E-state index contributed by atoms with van der Waals surface area (Å²) in [6.07, 6.45) is 2.38. The van der Waals surface area contributed by atoms with Gasteiger partial charge in [-0.15, -0.1) is 0 Å². The predicted octanol–water partition coefficient (Wildman–Crippen LogP) is 5.66. The van der Waals surface area contributed by atoms with E-state index in [0.717, 1.165) is 12.0 Å². The number of rotatable bonds is 9. The van der Waals surface area contributed by atoms with Crippen LogP contribution in [0.15, 0.2) is 77.4 Å². The molecule has 1 heterocycles. The summed E-state index contributed by atoms with van der Waals surface area (Å²) in [5.41, 5.74) is 2.82. The van der Waals surface area contributed by atoms with Gasteiger partial charge in [0.15, 0.2) is 0 Å². The average molecular weight is 447 g/mol. The Kier molecular flexibility index (Phi) is 8.10. The largest absolute Gasteiger partial charge is 0.467 e. The smallest absolute Gasteiger partial charge is 0.254 e. The highest BCUT2D eigenvalue weighted by atomic mass is 16.3. The van der Waals surface area contributed by atoms with Gasteiger partial charge >= 0.3 is 0 Å². The van der Waals surface area contributed by atoms with E-state index in [0.29, 0.717) is 31.0 Å². The summed E-state index contributed by atoms with van der Waals surface area (Å²) in [4.78, 5) is 30.0. The van der Waals surface area contributed by atoms with Gasteiger partial charge in [0, 0.05) is 18.7 Å². The maximum Gasteiger partial charge on any atom is 0.254 e. The van der Waals surface area contributed by atoms with E-state index in [9.17, 15) is 9.59 Å². The van der Waals surface area contributed by atoms with Crippen LogP contribution in [-0.2, 0) is 23.3 Å². The van der Waals surface area contributed by atoms with Crippen molar-refractivity contribution in [2.75, 3.05) is 13.1 Å². The van der Waals surface area contributed by atoms with Crippen LogP contribution in [-0.4, -0.2) is 34.7 Å². The van der Waals surface area contributed by atoms with Gasteiger partial charge in [-0.1, -0.05) is 70.2 Å². The zero-order valence-electron chi connectivity index (χ0n) is 20.1. The van der Waals surface area contributed by atoms with Crippen LogP contribution < -0.4 is 0 Å². The molecule has 0 saturated heterocycles. The van der Waals surface area contributed by atoms with Gasteiger partial charge < -0.3 is 14.2 Å². The first kappa shape index (κ1) is 24.3. The Labute approximate surface area is 197 Å². The third-order valence-electron chi connectivity index (χ3n) is 5.60. The fourth-order valence-electron chi connectivity index (χ4n) is 3.71. The van der Waals surface area contributed by atoms with Crippen molar-refractivity contribution in [2.45, 2.75) is 52.6 Å². The van der Waals surface area contributed by atoms with Gasteiger partial charge in [0.1, 0.15) is 12.3 Å². The van der Waals surface area contributed by atoms with Crippen molar-refractivity contribution in [3.8, 4) is 0 Å². The molecule has 2 aromatic carbocycles. The summed E-state index contributed by atoms with van der Waals surface area (Å²) in [6.45, 7) is 9.81. The predicted molar refractivity (Wildman–Crippen MR) is 131 cm³/mol. The minimum Gasteiger partial charge on any atom is -0.467 e. The molecule has 3 rings (SSSR count). The van der Waals surface area contributed by atoms with Crippen molar-refractivity contribution < 1.29 is 14.0 Å².